The van der Waals surface area contributed by atoms with Gasteiger partial charge in [-0.1, -0.05) is 0 Å². The van der Waals surface area contributed by atoms with Gasteiger partial charge < -0.3 is 10.2 Å². The molecule has 1 aromatic heterocycles. The molecule has 0 aliphatic rings. The Bertz CT molecular complexity index is 240. The zero-order valence-electron chi connectivity index (χ0n) is 6.13. The van der Waals surface area contributed by atoms with Crippen LogP contribution in [0.15, 0.2) is 6.07 Å². The number of hydrogen-bond acceptors (Lipinski definition) is 2. The molecule has 2 N–H and O–H groups in total. The van der Waals surface area contributed by atoms with E-state index in [-0.39, 0.29) is 11.8 Å². The summed E-state index contributed by atoms with van der Waals surface area (Å²) in [6.45, 7) is 4.20. The Morgan fingerprint density at radius 1 is 1.50 bits per heavy atom. The first-order chi connectivity index (χ1) is 4.66. The average Bonchev–Trinajstić information content (AvgIpc) is 2.09. The molecular weight excluding hydrogens is 130 g/mol. The van der Waals surface area contributed by atoms with Crippen LogP contribution in [0.4, 0.5) is 0 Å². The SMILES string of the molecule is CCn1c(O)cc(C)c1O. The van der Waals surface area contributed by atoms with Crippen LogP contribution in [-0.2, 0) is 6.54 Å². The third-order valence-electron chi connectivity index (χ3n) is 1.55. The summed E-state index contributed by atoms with van der Waals surface area (Å²) in [5.41, 5.74) is 0.708. The fourth-order valence-corrected chi connectivity index (χ4v) is 0.969. The van der Waals surface area contributed by atoms with Crippen molar-refractivity contribution in [3.05, 3.63) is 11.6 Å². The third-order valence-corrected chi connectivity index (χ3v) is 1.55. The van der Waals surface area contributed by atoms with Crippen molar-refractivity contribution in [3.8, 4) is 11.8 Å². The topological polar surface area (TPSA) is 45.4 Å². The Morgan fingerprint density at radius 2 is 2.10 bits per heavy atom. The molecule has 0 aliphatic carbocycles. The molecule has 56 valence electrons. The van der Waals surface area contributed by atoms with E-state index in [0.717, 1.165) is 0 Å². The summed E-state index contributed by atoms with van der Waals surface area (Å²) in [5.74, 6) is 0.275. The smallest absolute Gasteiger partial charge is 0.196 e. The van der Waals surface area contributed by atoms with Crippen molar-refractivity contribution in [2.75, 3.05) is 0 Å². The molecule has 3 heteroatoms. The van der Waals surface area contributed by atoms with Gasteiger partial charge in [-0.05, 0) is 13.8 Å². The lowest BCUT2D eigenvalue weighted by Crippen LogP contribution is -1.91. The van der Waals surface area contributed by atoms with Crippen molar-refractivity contribution in [2.45, 2.75) is 20.4 Å². The molecule has 0 atom stereocenters. The Hall–Kier alpha value is -1.12. The third kappa shape index (κ3) is 0.835. The molecule has 0 aromatic carbocycles. The van der Waals surface area contributed by atoms with E-state index in [1.807, 2.05) is 6.92 Å². The maximum atomic E-state index is 9.22. The largest absolute Gasteiger partial charge is 0.494 e. The first-order valence-electron chi connectivity index (χ1n) is 3.25. The standard InChI is InChI=1S/C7H11NO2/c1-3-8-6(9)4-5(2)7(8)10/h4,9-10H,3H2,1-2H3. The number of rotatable bonds is 1. The molecule has 0 bridgehead atoms. The lowest BCUT2D eigenvalue weighted by atomic mass is 10.4. The number of aryl methyl sites for hydroxylation is 1. The molecule has 10 heavy (non-hydrogen) atoms. The fourth-order valence-electron chi connectivity index (χ4n) is 0.969. The quantitative estimate of drug-likeness (QED) is 0.617. The highest BCUT2D eigenvalue weighted by molar-refractivity contribution is 5.33. The minimum atomic E-state index is 0.123. The second-order valence-electron chi connectivity index (χ2n) is 2.25. The average molecular weight is 141 g/mol. The van der Waals surface area contributed by atoms with Crippen molar-refractivity contribution in [3.63, 3.8) is 0 Å². The molecule has 0 unspecified atom stereocenters. The molecular formula is C7H11NO2. The first-order valence-corrected chi connectivity index (χ1v) is 3.25. The van der Waals surface area contributed by atoms with Crippen LogP contribution in [0.2, 0.25) is 0 Å². The Balaban J connectivity index is 3.20. The van der Waals surface area contributed by atoms with Gasteiger partial charge in [0.05, 0.1) is 0 Å². The van der Waals surface area contributed by atoms with Crippen molar-refractivity contribution in [1.29, 1.82) is 0 Å². The lowest BCUT2D eigenvalue weighted by molar-refractivity contribution is 0.372. The van der Waals surface area contributed by atoms with Gasteiger partial charge in [0.2, 0.25) is 0 Å². The predicted molar refractivity (Wildman–Crippen MR) is 38.2 cm³/mol. The van der Waals surface area contributed by atoms with Gasteiger partial charge in [0.25, 0.3) is 0 Å². The van der Waals surface area contributed by atoms with E-state index >= 15 is 0 Å². The molecule has 0 saturated heterocycles. The minimum absolute atomic E-state index is 0.123. The zero-order valence-corrected chi connectivity index (χ0v) is 6.13. The number of aromatic nitrogens is 1. The van der Waals surface area contributed by atoms with Gasteiger partial charge in [-0.3, -0.25) is 4.57 Å². The van der Waals surface area contributed by atoms with Crippen molar-refractivity contribution < 1.29 is 10.2 Å². The summed E-state index contributed by atoms with van der Waals surface area (Å²) in [7, 11) is 0. The van der Waals surface area contributed by atoms with Gasteiger partial charge in [0.15, 0.2) is 11.8 Å². The van der Waals surface area contributed by atoms with Crippen LogP contribution in [0.3, 0.4) is 0 Å². The van der Waals surface area contributed by atoms with Gasteiger partial charge in [-0.25, -0.2) is 0 Å². The van der Waals surface area contributed by atoms with Gasteiger partial charge in [0.1, 0.15) is 0 Å². The van der Waals surface area contributed by atoms with Crippen LogP contribution in [0.1, 0.15) is 12.5 Å². The fraction of sp³-hybridized carbons (Fsp3) is 0.429. The van der Waals surface area contributed by atoms with E-state index in [1.165, 1.54) is 4.57 Å². The lowest BCUT2D eigenvalue weighted by Gasteiger charge is -2.00. The summed E-state index contributed by atoms with van der Waals surface area (Å²) in [4.78, 5) is 0. The molecule has 0 amide bonds. The second kappa shape index (κ2) is 2.25. The molecule has 0 spiro atoms. The Morgan fingerprint density at radius 3 is 2.30 bits per heavy atom. The molecule has 1 heterocycles. The highest BCUT2D eigenvalue weighted by atomic mass is 16.3. The summed E-state index contributed by atoms with van der Waals surface area (Å²) < 4.78 is 1.44. The summed E-state index contributed by atoms with van der Waals surface area (Å²) in [6.07, 6.45) is 0. The highest BCUT2D eigenvalue weighted by Gasteiger charge is 2.06. The maximum absolute atomic E-state index is 9.22. The zero-order chi connectivity index (χ0) is 7.72. The van der Waals surface area contributed by atoms with Crippen LogP contribution < -0.4 is 0 Å². The number of nitrogens with zero attached hydrogens (tertiary/aromatic N) is 1. The van der Waals surface area contributed by atoms with E-state index in [1.54, 1.807) is 13.0 Å². The van der Waals surface area contributed by atoms with Crippen molar-refractivity contribution >= 4 is 0 Å². The van der Waals surface area contributed by atoms with Crippen molar-refractivity contribution in [1.82, 2.24) is 4.57 Å². The van der Waals surface area contributed by atoms with E-state index < -0.39 is 0 Å². The van der Waals surface area contributed by atoms with Gasteiger partial charge in [0, 0.05) is 18.2 Å². The van der Waals surface area contributed by atoms with Crippen molar-refractivity contribution in [2.24, 2.45) is 0 Å². The van der Waals surface area contributed by atoms with Crippen LogP contribution in [0.5, 0.6) is 11.8 Å². The molecule has 0 radical (unpaired) electrons. The predicted octanol–water partition coefficient (Wildman–Crippen LogP) is 1.23. The first kappa shape index (κ1) is 6.99. The molecule has 0 saturated carbocycles. The van der Waals surface area contributed by atoms with Crippen LogP contribution in [-0.4, -0.2) is 14.8 Å². The number of aromatic hydroxyl groups is 2. The van der Waals surface area contributed by atoms with E-state index in [2.05, 4.69) is 0 Å². The molecule has 1 rings (SSSR count). The van der Waals surface area contributed by atoms with Crippen LogP contribution in [0.25, 0.3) is 0 Å². The Kier molecular flexibility index (Phi) is 1.57. The minimum Gasteiger partial charge on any atom is -0.494 e. The maximum Gasteiger partial charge on any atom is 0.196 e. The summed E-state index contributed by atoms with van der Waals surface area (Å²) in [5, 5.41) is 18.3. The monoisotopic (exact) mass is 141 g/mol. The van der Waals surface area contributed by atoms with Gasteiger partial charge in [-0.15, -0.1) is 0 Å². The molecule has 3 nitrogen and oxygen atoms in total. The van der Waals surface area contributed by atoms with E-state index in [4.69, 9.17) is 5.11 Å². The molecule has 1 aromatic rings. The normalized spacial score (nSPS) is 10.2. The van der Waals surface area contributed by atoms with Gasteiger partial charge >= 0.3 is 0 Å². The van der Waals surface area contributed by atoms with E-state index in [0.29, 0.717) is 12.1 Å². The highest BCUT2D eigenvalue weighted by Crippen LogP contribution is 2.25. The molecule has 0 fully saturated rings. The summed E-state index contributed by atoms with van der Waals surface area (Å²) in [6, 6.07) is 1.54. The van der Waals surface area contributed by atoms with Crippen LogP contribution in [0, 0.1) is 6.92 Å². The van der Waals surface area contributed by atoms with Gasteiger partial charge in [-0.2, -0.15) is 0 Å². The van der Waals surface area contributed by atoms with E-state index in [9.17, 15) is 5.11 Å². The Labute approximate surface area is 59.5 Å². The van der Waals surface area contributed by atoms with Crippen LogP contribution >= 0.6 is 0 Å². The summed E-state index contributed by atoms with van der Waals surface area (Å²) >= 11 is 0. The number of hydrogen-bond donors (Lipinski definition) is 2. The molecule has 0 aliphatic heterocycles. The second-order valence-corrected chi connectivity index (χ2v) is 2.25.